The van der Waals surface area contributed by atoms with E-state index in [1.165, 1.54) is 17.8 Å². The number of amides is 2. The molecule has 1 aromatic heterocycles. The molecule has 4 aliphatic heterocycles. The molecule has 5 aliphatic rings. The van der Waals surface area contributed by atoms with Gasteiger partial charge in [-0.25, -0.2) is 14.4 Å². The number of hydrogen-bond donors (Lipinski definition) is 1. The van der Waals surface area contributed by atoms with E-state index in [-0.39, 0.29) is 28.3 Å². The highest BCUT2D eigenvalue weighted by atomic mass is 35.5. The number of piperazine rings is 1. The normalized spacial score (nSPS) is 27.4. The summed E-state index contributed by atoms with van der Waals surface area (Å²) >= 11 is 13.6. The number of aliphatic imine (C=N–C) groups is 1. The number of nitrogens with one attached hydrogen (secondary N) is 1. The van der Waals surface area contributed by atoms with Gasteiger partial charge in [-0.1, -0.05) is 49.2 Å². The summed E-state index contributed by atoms with van der Waals surface area (Å²) in [5, 5.41) is 4.63. The maximum atomic E-state index is 14.9. The fourth-order valence-electron chi connectivity index (χ4n) is 7.23. The number of carbonyl (C=O) groups excluding carboxylic acids is 2. The molecule has 2 amide bonds. The van der Waals surface area contributed by atoms with Gasteiger partial charge in [-0.3, -0.25) is 9.59 Å². The highest BCUT2D eigenvalue weighted by Gasteiger charge is 2.54. The minimum atomic E-state index is -0.859. The molecule has 1 saturated carbocycles. The summed E-state index contributed by atoms with van der Waals surface area (Å²) in [5.41, 5.74) is 1.53. The Labute approximate surface area is 271 Å². The minimum Gasteiger partial charge on any atom is -0.338 e. The number of allylic oxidation sites excluding steroid dienone is 1. The first kappa shape index (κ1) is 30.0. The summed E-state index contributed by atoms with van der Waals surface area (Å²) in [7, 11) is 0. The first-order valence-corrected chi connectivity index (χ1v) is 16.8. The highest BCUT2D eigenvalue weighted by Crippen LogP contribution is 2.56. The number of fused-ring (bicyclic) bond motifs is 1. The van der Waals surface area contributed by atoms with Gasteiger partial charge in [0.15, 0.2) is 5.17 Å². The lowest BCUT2D eigenvalue weighted by atomic mass is 9.81. The molecule has 2 aromatic rings. The highest BCUT2D eigenvalue weighted by molar-refractivity contribution is 8.18. The zero-order valence-electron chi connectivity index (χ0n) is 24.9. The maximum absolute atomic E-state index is 14.9. The van der Waals surface area contributed by atoms with Crippen molar-refractivity contribution in [1.82, 2.24) is 25.0 Å². The second-order valence-corrected chi connectivity index (χ2v) is 14.7. The van der Waals surface area contributed by atoms with E-state index in [1.807, 2.05) is 37.8 Å². The molecule has 1 aromatic carbocycles. The maximum Gasteiger partial charge on any atom is 0.263 e. The molecule has 5 heterocycles. The van der Waals surface area contributed by atoms with Gasteiger partial charge < -0.3 is 20.0 Å². The number of amidine groups is 1. The van der Waals surface area contributed by atoms with Gasteiger partial charge in [0.2, 0.25) is 5.91 Å². The molecule has 1 N–H and O–H groups in total. The number of aromatic nitrogens is 1. The van der Waals surface area contributed by atoms with Crippen LogP contribution in [-0.2, 0) is 15.1 Å². The van der Waals surface area contributed by atoms with Crippen molar-refractivity contribution in [3.63, 3.8) is 0 Å². The van der Waals surface area contributed by atoms with Crippen LogP contribution in [0.15, 0.2) is 52.1 Å². The number of likely N-dealkylation sites (tertiary alicyclic amines) is 1. The van der Waals surface area contributed by atoms with Crippen LogP contribution in [0, 0.1) is 11.7 Å². The molecule has 2 saturated heterocycles. The summed E-state index contributed by atoms with van der Waals surface area (Å²) in [6.07, 6.45) is 5.33. The van der Waals surface area contributed by atoms with Crippen molar-refractivity contribution in [3.05, 3.63) is 74.3 Å². The van der Waals surface area contributed by atoms with E-state index in [9.17, 15) is 14.0 Å². The average Bonchev–Trinajstić information content (AvgIpc) is 3.32. The number of nitrogens with zero attached hydrogens (tertiary/aromatic N) is 5. The van der Waals surface area contributed by atoms with Gasteiger partial charge >= 0.3 is 0 Å². The number of halogens is 3. The Kier molecular flexibility index (Phi) is 7.50. The Balaban J connectivity index is 1.25. The first-order valence-electron chi connectivity index (χ1n) is 15.2. The van der Waals surface area contributed by atoms with Gasteiger partial charge in [0.05, 0.1) is 11.1 Å². The number of hydrogen-bond acceptors (Lipinski definition) is 7. The third kappa shape index (κ3) is 4.93. The van der Waals surface area contributed by atoms with Crippen molar-refractivity contribution in [3.8, 4) is 0 Å². The van der Waals surface area contributed by atoms with Crippen LogP contribution in [0.25, 0.3) is 0 Å². The zero-order valence-corrected chi connectivity index (χ0v) is 27.3. The van der Waals surface area contributed by atoms with Gasteiger partial charge in [0, 0.05) is 49.2 Å². The van der Waals surface area contributed by atoms with Gasteiger partial charge in [-0.15, -0.1) is 0 Å². The van der Waals surface area contributed by atoms with Gasteiger partial charge in [0.1, 0.15) is 27.5 Å². The Bertz CT molecular complexity index is 1600. The van der Waals surface area contributed by atoms with Crippen molar-refractivity contribution in [1.29, 1.82) is 0 Å². The van der Waals surface area contributed by atoms with Crippen LogP contribution in [0.5, 0.6) is 0 Å². The molecule has 1 spiro atoms. The van der Waals surface area contributed by atoms with E-state index in [0.717, 1.165) is 37.1 Å². The standard InChI is InChI=1S/C32H35Cl2FN6O2S/c1-18(2)25-26(29(43)40-13-4-5-23(40)28(42)39-14-12-37-32(17-39)10-11-32)44-30-38-31(3,20-7-9-24(34)36-16-20)27(41(25)30)19-6-8-21(33)22(35)15-19/h6-9,15-16,18,23,27,37H,4-5,10-14,17H2,1-3H3/t23?,27-,31+/m1/s1. The van der Waals surface area contributed by atoms with E-state index in [4.69, 9.17) is 28.2 Å². The van der Waals surface area contributed by atoms with Crippen molar-refractivity contribution >= 4 is 51.9 Å². The van der Waals surface area contributed by atoms with E-state index in [1.54, 1.807) is 23.2 Å². The Morgan fingerprint density at radius 1 is 1.16 bits per heavy atom. The first-order chi connectivity index (χ1) is 21.0. The lowest BCUT2D eigenvalue weighted by Crippen LogP contribution is -2.58. The molecule has 7 rings (SSSR count). The van der Waals surface area contributed by atoms with Crippen molar-refractivity contribution in [2.45, 2.75) is 69.6 Å². The summed E-state index contributed by atoms with van der Waals surface area (Å²) < 4.78 is 14.9. The Morgan fingerprint density at radius 3 is 2.64 bits per heavy atom. The van der Waals surface area contributed by atoms with Crippen LogP contribution in [0.3, 0.4) is 0 Å². The smallest absolute Gasteiger partial charge is 0.263 e. The minimum absolute atomic E-state index is 0.0378. The van der Waals surface area contributed by atoms with Crippen molar-refractivity contribution in [2.75, 3.05) is 26.2 Å². The van der Waals surface area contributed by atoms with Crippen molar-refractivity contribution < 1.29 is 14.0 Å². The number of pyridine rings is 1. The summed E-state index contributed by atoms with van der Waals surface area (Å²) in [5.74, 6) is -0.668. The Morgan fingerprint density at radius 2 is 1.95 bits per heavy atom. The molecule has 1 unspecified atom stereocenters. The third-order valence-electron chi connectivity index (χ3n) is 9.66. The molecule has 44 heavy (non-hydrogen) atoms. The monoisotopic (exact) mass is 656 g/mol. The van der Waals surface area contributed by atoms with E-state index in [2.05, 4.69) is 15.2 Å². The fourth-order valence-corrected chi connectivity index (χ4v) is 8.82. The second kappa shape index (κ2) is 11.0. The molecule has 8 nitrogen and oxygen atoms in total. The summed E-state index contributed by atoms with van der Waals surface area (Å²) in [6.45, 7) is 8.79. The van der Waals surface area contributed by atoms with Crippen LogP contribution >= 0.6 is 35.0 Å². The SMILES string of the molecule is CC(C)C1=C(C(=O)N2CCCC2C(=O)N2CCNC3(CC3)C2)SC2=N[C@@](C)(c3ccc(Cl)nc3)[C@@H](c3ccc(Cl)c(F)c3)N21. The molecule has 232 valence electrons. The van der Waals surface area contributed by atoms with E-state index >= 15 is 0 Å². The molecule has 12 heteroatoms. The summed E-state index contributed by atoms with van der Waals surface area (Å²) in [4.78, 5) is 44.1. The Hall–Kier alpha value is -2.66. The fraction of sp³-hybridized carbons (Fsp3) is 0.500. The predicted octanol–water partition coefficient (Wildman–Crippen LogP) is 5.73. The van der Waals surface area contributed by atoms with Crippen LogP contribution < -0.4 is 5.32 Å². The second-order valence-electron chi connectivity index (χ2n) is 13.0. The largest absolute Gasteiger partial charge is 0.338 e. The molecule has 3 atom stereocenters. The molecule has 1 aliphatic carbocycles. The van der Waals surface area contributed by atoms with E-state index in [0.29, 0.717) is 46.8 Å². The average molecular weight is 658 g/mol. The third-order valence-corrected chi connectivity index (χ3v) is 11.3. The van der Waals surface area contributed by atoms with Gasteiger partial charge in [-0.2, -0.15) is 0 Å². The molecule has 0 bridgehead atoms. The number of benzene rings is 1. The molecule has 0 radical (unpaired) electrons. The molecular formula is C32H35Cl2FN6O2S. The van der Waals surface area contributed by atoms with Gasteiger partial charge in [-0.05, 0) is 74.0 Å². The van der Waals surface area contributed by atoms with Crippen LogP contribution in [0.1, 0.15) is 63.6 Å². The quantitative estimate of drug-likeness (QED) is 0.415. The van der Waals surface area contributed by atoms with Gasteiger partial charge in [0.25, 0.3) is 5.91 Å². The summed E-state index contributed by atoms with van der Waals surface area (Å²) in [6, 6.07) is 7.48. The van der Waals surface area contributed by atoms with Crippen LogP contribution in [0.4, 0.5) is 4.39 Å². The lowest BCUT2D eigenvalue weighted by molar-refractivity contribution is -0.142. The number of rotatable bonds is 5. The van der Waals surface area contributed by atoms with Crippen molar-refractivity contribution in [2.24, 2.45) is 10.9 Å². The number of carbonyl (C=O) groups is 2. The number of thioether (sulfide) groups is 1. The molecule has 3 fully saturated rings. The topological polar surface area (TPSA) is 81.1 Å². The van der Waals surface area contributed by atoms with Crippen LogP contribution in [0.2, 0.25) is 10.2 Å². The zero-order chi connectivity index (χ0) is 31.0. The van der Waals surface area contributed by atoms with Crippen LogP contribution in [-0.4, -0.2) is 74.4 Å². The predicted molar refractivity (Wildman–Crippen MR) is 171 cm³/mol. The molecular weight excluding hydrogens is 622 g/mol. The lowest BCUT2D eigenvalue weighted by Gasteiger charge is -2.38. The van der Waals surface area contributed by atoms with E-state index < -0.39 is 23.4 Å².